The minimum atomic E-state index is -0.951. The highest BCUT2D eigenvalue weighted by Gasteiger charge is 2.37. The topological polar surface area (TPSA) is 125 Å². The first kappa shape index (κ1) is 25.0. The lowest BCUT2D eigenvalue weighted by atomic mass is 10.0. The number of benzene rings is 2. The monoisotopic (exact) mass is 490 g/mol. The van der Waals surface area contributed by atoms with Crippen LogP contribution < -0.4 is 5.32 Å². The molecule has 1 fully saturated rings. The summed E-state index contributed by atoms with van der Waals surface area (Å²) in [5.41, 5.74) is 3.84. The standard InChI is InChI=1S/C27H30N4O5/c1-16(2)23(30-27(35)36-3)25(32)31-14-4-5-22(31)24-28-15-21(29-24)19-10-6-17(7-11-19)18-8-12-20(13-9-18)26(33)34/h6-13,15-16,22-23H,4-5,14H2,1-3H3,(H,28,29)(H,30,35)(H,33,34)/t22-,23-/m0/s1. The van der Waals surface area contributed by atoms with Gasteiger partial charge >= 0.3 is 12.1 Å². The summed E-state index contributed by atoms with van der Waals surface area (Å²) in [6, 6.07) is 13.7. The molecule has 2 amide bonds. The zero-order valence-electron chi connectivity index (χ0n) is 20.5. The highest BCUT2D eigenvalue weighted by Crippen LogP contribution is 2.33. The van der Waals surface area contributed by atoms with Gasteiger partial charge in [0, 0.05) is 18.3 Å². The van der Waals surface area contributed by atoms with Crippen molar-refractivity contribution < 1.29 is 24.2 Å². The molecule has 0 bridgehead atoms. The van der Waals surface area contributed by atoms with Gasteiger partial charge in [-0.3, -0.25) is 4.79 Å². The lowest BCUT2D eigenvalue weighted by Crippen LogP contribution is -2.51. The molecule has 1 saturated heterocycles. The molecule has 0 spiro atoms. The van der Waals surface area contributed by atoms with Gasteiger partial charge in [-0.05, 0) is 42.0 Å². The van der Waals surface area contributed by atoms with Crippen molar-refractivity contribution in [3.63, 3.8) is 0 Å². The van der Waals surface area contributed by atoms with Crippen LogP contribution in [0.3, 0.4) is 0 Å². The second-order valence-corrected chi connectivity index (χ2v) is 9.18. The second-order valence-electron chi connectivity index (χ2n) is 9.18. The number of imidazole rings is 1. The molecule has 0 saturated carbocycles. The average Bonchev–Trinajstić information content (AvgIpc) is 3.56. The van der Waals surface area contributed by atoms with E-state index in [2.05, 4.69) is 10.3 Å². The maximum Gasteiger partial charge on any atom is 0.407 e. The molecule has 0 radical (unpaired) electrons. The molecule has 0 aliphatic carbocycles. The van der Waals surface area contributed by atoms with E-state index in [0.717, 1.165) is 35.2 Å². The number of H-pyrrole nitrogens is 1. The number of nitrogens with zero attached hydrogens (tertiary/aromatic N) is 2. The summed E-state index contributed by atoms with van der Waals surface area (Å²) in [6.45, 7) is 4.37. The van der Waals surface area contributed by atoms with Gasteiger partial charge in [-0.1, -0.05) is 50.2 Å². The lowest BCUT2D eigenvalue weighted by molar-refractivity contribution is -0.135. The second kappa shape index (κ2) is 10.6. The van der Waals surface area contributed by atoms with Crippen molar-refractivity contribution >= 4 is 18.0 Å². The van der Waals surface area contributed by atoms with E-state index < -0.39 is 18.1 Å². The highest BCUT2D eigenvalue weighted by atomic mass is 16.5. The van der Waals surface area contributed by atoms with Crippen molar-refractivity contribution in [3.8, 4) is 22.4 Å². The number of methoxy groups -OCH3 is 1. The number of nitrogens with one attached hydrogen (secondary N) is 2. The average molecular weight is 491 g/mol. The van der Waals surface area contributed by atoms with Crippen LogP contribution in [0.5, 0.6) is 0 Å². The van der Waals surface area contributed by atoms with Crippen LogP contribution in [-0.4, -0.2) is 57.6 Å². The number of aromatic nitrogens is 2. The maximum absolute atomic E-state index is 13.3. The summed E-state index contributed by atoms with van der Waals surface area (Å²) in [7, 11) is 1.28. The summed E-state index contributed by atoms with van der Waals surface area (Å²) in [5.74, 6) is -0.476. The molecular weight excluding hydrogens is 460 g/mol. The molecule has 0 unspecified atom stereocenters. The van der Waals surface area contributed by atoms with Gasteiger partial charge in [0.05, 0.1) is 24.4 Å². The summed E-state index contributed by atoms with van der Waals surface area (Å²) in [4.78, 5) is 46.0. The number of likely N-dealkylation sites (tertiary alicyclic amines) is 1. The van der Waals surface area contributed by atoms with Crippen molar-refractivity contribution in [1.82, 2.24) is 20.2 Å². The number of carboxylic acids is 1. The Balaban J connectivity index is 1.50. The Hall–Kier alpha value is -4.14. The Labute approximate surface area is 209 Å². The lowest BCUT2D eigenvalue weighted by Gasteiger charge is -2.29. The van der Waals surface area contributed by atoms with E-state index in [1.807, 2.05) is 44.3 Å². The molecule has 188 valence electrons. The van der Waals surface area contributed by atoms with Gasteiger partial charge in [0.1, 0.15) is 11.9 Å². The number of alkyl carbamates (subject to hydrolysis) is 1. The van der Waals surface area contributed by atoms with Crippen LogP contribution in [0.4, 0.5) is 4.79 Å². The van der Waals surface area contributed by atoms with E-state index in [1.54, 1.807) is 29.2 Å². The van der Waals surface area contributed by atoms with E-state index in [0.29, 0.717) is 12.4 Å². The van der Waals surface area contributed by atoms with Gasteiger partial charge in [-0.2, -0.15) is 0 Å². The predicted octanol–water partition coefficient (Wildman–Crippen LogP) is 4.49. The Bertz CT molecular complexity index is 1230. The molecule has 1 aliphatic heterocycles. The number of carbonyl (C=O) groups is 3. The number of carbonyl (C=O) groups excluding carboxylic acids is 2. The van der Waals surface area contributed by atoms with Crippen molar-refractivity contribution in [2.45, 2.75) is 38.8 Å². The minimum absolute atomic E-state index is 0.0937. The number of rotatable bonds is 7. The van der Waals surface area contributed by atoms with E-state index in [1.165, 1.54) is 7.11 Å². The summed E-state index contributed by atoms with van der Waals surface area (Å²) < 4.78 is 4.70. The first-order chi connectivity index (χ1) is 17.3. The summed E-state index contributed by atoms with van der Waals surface area (Å²) in [6.07, 6.45) is 2.84. The summed E-state index contributed by atoms with van der Waals surface area (Å²) >= 11 is 0. The molecular formula is C27H30N4O5. The molecule has 4 rings (SSSR count). The fourth-order valence-electron chi connectivity index (χ4n) is 4.49. The van der Waals surface area contributed by atoms with Gasteiger partial charge in [0.15, 0.2) is 0 Å². The molecule has 9 nitrogen and oxygen atoms in total. The van der Waals surface area contributed by atoms with Crippen LogP contribution >= 0.6 is 0 Å². The zero-order valence-corrected chi connectivity index (χ0v) is 20.5. The zero-order chi connectivity index (χ0) is 25.8. The van der Waals surface area contributed by atoms with E-state index >= 15 is 0 Å². The normalized spacial score (nSPS) is 16.1. The van der Waals surface area contributed by atoms with Crippen molar-refractivity contribution in [2.75, 3.05) is 13.7 Å². The first-order valence-electron chi connectivity index (χ1n) is 11.9. The molecule has 2 heterocycles. The van der Waals surface area contributed by atoms with Gasteiger partial charge in [-0.25, -0.2) is 14.6 Å². The number of carboxylic acid groups (broad SMARTS) is 1. The predicted molar refractivity (Wildman–Crippen MR) is 134 cm³/mol. The van der Waals surface area contributed by atoms with E-state index in [4.69, 9.17) is 14.8 Å². The number of amides is 2. The molecule has 2 aromatic carbocycles. The molecule has 2 atom stereocenters. The Kier molecular flexibility index (Phi) is 7.38. The Morgan fingerprint density at radius 1 is 1.06 bits per heavy atom. The van der Waals surface area contributed by atoms with Crippen LogP contribution in [0, 0.1) is 5.92 Å². The van der Waals surface area contributed by atoms with Crippen molar-refractivity contribution in [2.24, 2.45) is 5.92 Å². The smallest absolute Gasteiger partial charge is 0.407 e. The highest BCUT2D eigenvalue weighted by molar-refractivity contribution is 5.88. The number of hydrogen-bond acceptors (Lipinski definition) is 5. The fraction of sp³-hybridized carbons (Fsp3) is 0.333. The molecule has 36 heavy (non-hydrogen) atoms. The van der Waals surface area contributed by atoms with E-state index in [9.17, 15) is 14.4 Å². The molecule has 9 heteroatoms. The largest absolute Gasteiger partial charge is 0.478 e. The SMILES string of the molecule is COC(=O)N[C@H](C(=O)N1CCC[C@H]1c1nc(-c2ccc(-c3ccc(C(=O)O)cc3)cc2)c[nH]1)C(C)C. The maximum atomic E-state index is 13.3. The van der Waals surface area contributed by atoms with Crippen LogP contribution in [0.15, 0.2) is 54.7 Å². The molecule has 1 aromatic heterocycles. The van der Waals surface area contributed by atoms with E-state index in [-0.39, 0.29) is 23.4 Å². The Morgan fingerprint density at radius 2 is 1.67 bits per heavy atom. The quantitative estimate of drug-likeness (QED) is 0.448. The third kappa shape index (κ3) is 5.25. The third-order valence-electron chi connectivity index (χ3n) is 6.49. The number of hydrogen-bond donors (Lipinski definition) is 3. The number of aromatic amines is 1. The third-order valence-corrected chi connectivity index (χ3v) is 6.49. The van der Waals surface area contributed by atoms with Crippen LogP contribution in [0.2, 0.25) is 0 Å². The van der Waals surface area contributed by atoms with Gasteiger partial charge in [0.2, 0.25) is 5.91 Å². The molecule has 1 aliphatic rings. The molecule has 3 aromatic rings. The van der Waals surface area contributed by atoms with Crippen LogP contribution in [0.1, 0.15) is 48.9 Å². The Morgan fingerprint density at radius 3 is 2.25 bits per heavy atom. The summed E-state index contributed by atoms with van der Waals surface area (Å²) in [5, 5.41) is 11.7. The van der Waals surface area contributed by atoms with Crippen molar-refractivity contribution in [1.29, 1.82) is 0 Å². The van der Waals surface area contributed by atoms with Gasteiger partial charge < -0.3 is 25.0 Å². The molecule has 3 N–H and O–H groups in total. The minimum Gasteiger partial charge on any atom is -0.478 e. The van der Waals surface area contributed by atoms with Gasteiger partial charge in [0.25, 0.3) is 0 Å². The van der Waals surface area contributed by atoms with Crippen LogP contribution in [-0.2, 0) is 9.53 Å². The fourth-order valence-corrected chi connectivity index (χ4v) is 4.49. The van der Waals surface area contributed by atoms with Gasteiger partial charge in [-0.15, -0.1) is 0 Å². The van der Waals surface area contributed by atoms with Crippen molar-refractivity contribution in [3.05, 3.63) is 66.1 Å². The number of aromatic carboxylic acids is 1. The number of ether oxygens (including phenoxy) is 1. The van der Waals surface area contributed by atoms with Crippen LogP contribution in [0.25, 0.3) is 22.4 Å². The first-order valence-corrected chi connectivity index (χ1v) is 11.9.